The molecule has 3 rings (SSSR count). The fourth-order valence-corrected chi connectivity index (χ4v) is 2.90. The molecular weight excluding hydrogens is 337 g/mol. The second-order valence-electron chi connectivity index (χ2n) is 6.13. The molecule has 0 spiro atoms. The lowest BCUT2D eigenvalue weighted by Crippen LogP contribution is -2.47. The molecule has 0 radical (unpaired) electrons. The van der Waals surface area contributed by atoms with E-state index >= 15 is 0 Å². The summed E-state index contributed by atoms with van der Waals surface area (Å²) >= 11 is 0. The molecule has 6 heteroatoms. The van der Waals surface area contributed by atoms with Crippen LogP contribution < -0.4 is 9.47 Å². The first kappa shape index (κ1) is 18.2. The third-order valence-electron chi connectivity index (χ3n) is 4.27. The number of benzene rings is 2. The standard InChI is InChI=1S/C20H22FNO4/c1-24-17-5-7-18(8-6-17)26-14-20(23)22-9-10-25-19(13-22)12-15-3-2-4-16(21)11-15/h2-8,11,19H,9-10,12-14H2,1H3. The van der Waals surface area contributed by atoms with Crippen molar-refractivity contribution in [3.63, 3.8) is 0 Å². The van der Waals surface area contributed by atoms with Gasteiger partial charge in [0.25, 0.3) is 5.91 Å². The van der Waals surface area contributed by atoms with Gasteiger partial charge in [0, 0.05) is 19.5 Å². The van der Waals surface area contributed by atoms with Gasteiger partial charge >= 0.3 is 0 Å². The van der Waals surface area contributed by atoms with Crippen molar-refractivity contribution >= 4 is 5.91 Å². The van der Waals surface area contributed by atoms with Crippen molar-refractivity contribution in [3.05, 3.63) is 59.9 Å². The van der Waals surface area contributed by atoms with Crippen LogP contribution in [0.2, 0.25) is 0 Å². The van der Waals surface area contributed by atoms with Crippen LogP contribution in [0.5, 0.6) is 11.5 Å². The number of carbonyl (C=O) groups excluding carboxylic acids is 1. The van der Waals surface area contributed by atoms with E-state index in [1.807, 2.05) is 6.07 Å². The second-order valence-corrected chi connectivity index (χ2v) is 6.13. The van der Waals surface area contributed by atoms with Crippen LogP contribution in [-0.2, 0) is 16.0 Å². The number of carbonyl (C=O) groups is 1. The normalized spacial score (nSPS) is 17.0. The average Bonchev–Trinajstić information content (AvgIpc) is 2.67. The predicted molar refractivity (Wildman–Crippen MR) is 94.9 cm³/mol. The molecule has 0 aromatic heterocycles. The molecule has 0 aliphatic carbocycles. The van der Waals surface area contributed by atoms with E-state index in [-0.39, 0.29) is 24.4 Å². The van der Waals surface area contributed by atoms with Gasteiger partial charge in [-0.1, -0.05) is 12.1 Å². The van der Waals surface area contributed by atoms with Gasteiger partial charge in [-0.05, 0) is 42.0 Å². The van der Waals surface area contributed by atoms with E-state index in [1.165, 1.54) is 12.1 Å². The van der Waals surface area contributed by atoms with Crippen LogP contribution in [0.1, 0.15) is 5.56 Å². The molecule has 1 unspecified atom stereocenters. The first-order valence-corrected chi connectivity index (χ1v) is 8.55. The lowest BCUT2D eigenvalue weighted by atomic mass is 10.1. The van der Waals surface area contributed by atoms with Crippen LogP contribution >= 0.6 is 0 Å². The van der Waals surface area contributed by atoms with Gasteiger partial charge in [0.15, 0.2) is 6.61 Å². The van der Waals surface area contributed by atoms with Gasteiger partial charge in [-0.15, -0.1) is 0 Å². The zero-order chi connectivity index (χ0) is 18.4. The smallest absolute Gasteiger partial charge is 0.260 e. The van der Waals surface area contributed by atoms with Gasteiger partial charge in [0.2, 0.25) is 0 Å². The molecule has 1 fully saturated rings. The summed E-state index contributed by atoms with van der Waals surface area (Å²) in [7, 11) is 1.60. The largest absolute Gasteiger partial charge is 0.497 e. The maximum atomic E-state index is 13.3. The van der Waals surface area contributed by atoms with E-state index in [0.717, 1.165) is 11.3 Å². The zero-order valence-electron chi connectivity index (χ0n) is 14.7. The monoisotopic (exact) mass is 359 g/mol. The highest BCUT2D eigenvalue weighted by atomic mass is 19.1. The summed E-state index contributed by atoms with van der Waals surface area (Å²) in [4.78, 5) is 14.1. The molecule has 1 heterocycles. The molecule has 0 saturated carbocycles. The highest BCUT2D eigenvalue weighted by molar-refractivity contribution is 5.77. The third kappa shape index (κ3) is 4.95. The molecule has 138 valence electrons. The molecule has 26 heavy (non-hydrogen) atoms. The maximum absolute atomic E-state index is 13.3. The summed E-state index contributed by atoms with van der Waals surface area (Å²) in [6, 6.07) is 13.5. The number of hydrogen-bond donors (Lipinski definition) is 0. The molecule has 2 aromatic carbocycles. The van der Waals surface area contributed by atoms with Crippen LogP contribution in [0.25, 0.3) is 0 Å². The Morgan fingerprint density at radius 1 is 1.23 bits per heavy atom. The number of nitrogens with zero attached hydrogens (tertiary/aromatic N) is 1. The van der Waals surface area contributed by atoms with Crippen LogP contribution in [0, 0.1) is 5.82 Å². The number of methoxy groups -OCH3 is 1. The summed E-state index contributed by atoms with van der Waals surface area (Å²) in [5.74, 6) is 0.994. The van der Waals surface area contributed by atoms with E-state index in [9.17, 15) is 9.18 Å². The molecule has 1 aliphatic heterocycles. The Bertz CT molecular complexity index is 735. The Morgan fingerprint density at radius 2 is 2.00 bits per heavy atom. The minimum absolute atomic E-state index is 0.0288. The SMILES string of the molecule is COc1ccc(OCC(=O)N2CCOC(Cc3cccc(F)c3)C2)cc1. The van der Waals surface area contributed by atoms with E-state index < -0.39 is 0 Å². The van der Waals surface area contributed by atoms with E-state index in [1.54, 1.807) is 42.3 Å². The number of amides is 1. The number of morpholine rings is 1. The fourth-order valence-electron chi connectivity index (χ4n) is 2.90. The van der Waals surface area contributed by atoms with Crippen LogP contribution in [0.3, 0.4) is 0 Å². The van der Waals surface area contributed by atoms with E-state index in [2.05, 4.69) is 0 Å². The number of hydrogen-bond acceptors (Lipinski definition) is 4. The Morgan fingerprint density at radius 3 is 2.73 bits per heavy atom. The van der Waals surface area contributed by atoms with Crippen LogP contribution in [0.4, 0.5) is 4.39 Å². The first-order chi connectivity index (χ1) is 12.6. The van der Waals surface area contributed by atoms with Crippen LogP contribution in [-0.4, -0.2) is 50.3 Å². The zero-order valence-corrected chi connectivity index (χ0v) is 14.7. The maximum Gasteiger partial charge on any atom is 0.260 e. The van der Waals surface area contributed by atoms with E-state index in [0.29, 0.717) is 31.9 Å². The van der Waals surface area contributed by atoms with Crippen molar-refractivity contribution in [1.29, 1.82) is 0 Å². The lowest BCUT2D eigenvalue weighted by Gasteiger charge is -2.33. The van der Waals surface area contributed by atoms with Crippen molar-refractivity contribution in [3.8, 4) is 11.5 Å². The van der Waals surface area contributed by atoms with Crippen molar-refractivity contribution in [2.75, 3.05) is 33.4 Å². The number of halogens is 1. The molecule has 5 nitrogen and oxygen atoms in total. The van der Waals surface area contributed by atoms with Crippen molar-refractivity contribution in [2.24, 2.45) is 0 Å². The van der Waals surface area contributed by atoms with Gasteiger partial charge < -0.3 is 19.1 Å². The molecule has 1 amide bonds. The summed E-state index contributed by atoms with van der Waals surface area (Å²) in [6.45, 7) is 1.44. The summed E-state index contributed by atoms with van der Waals surface area (Å²) < 4.78 is 29.7. The Balaban J connectivity index is 1.50. The van der Waals surface area contributed by atoms with Gasteiger partial charge in [-0.25, -0.2) is 4.39 Å². The lowest BCUT2D eigenvalue weighted by molar-refractivity contribution is -0.140. The topological polar surface area (TPSA) is 48.0 Å². The van der Waals surface area contributed by atoms with Gasteiger partial charge in [-0.3, -0.25) is 4.79 Å². The van der Waals surface area contributed by atoms with Gasteiger partial charge in [0.1, 0.15) is 17.3 Å². The molecule has 2 aromatic rings. The molecular formula is C20H22FNO4. The Kier molecular flexibility index (Phi) is 6.07. The van der Waals surface area contributed by atoms with Gasteiger partial charge in [-0.2, -0.15) is 0 Å². The quantitative estimate of drug-likeness (QED) is 0.796. The van der Waals surface area contributed by atoms with Crippen molar-refractivity contribution in [1.82, 2.24) is 4.90 Å². The fraction of sp³-hybridized carbons (Fsp3) is 0.350. The molecule has 0 bridgehead atoms. The third-order valence-corrected chi connectivity index (χ3v) is 4.27. The predicted octanol–water partition coefficient (Wildman–Crippen LogP) is 2.68. The first-order valence-electron chi connectivity index (χ1n) is 8.55. The number of ether oxygens (including phenoxy) is 3. The van der Waals surface area contributed by atoms with Gasteiger partial charge in [0.05, 0.1) is 19.8 Å². The highest BCUT2D eigenvalue weighted by Crippen LogP contribution is 2.17. The Labute approximate surface area is 152 Å². The molecule has 0 N–H and O–H groups in total. The van der Waals surface area contributed by atoms with E-state index in [4.69, 9.17) is 14.2 Å². The number of rotatable bonds is 6. The Hall–Kier alpha value is -2.60. The van der Waals surface area contributed by atoms with Crippen LogP contribution in [0.15, 0.2) is 48.5 Å². The highest BCUT2D eigenvalue weighted by Gasteiger charge is 2.24. The minimum atomic E-state index is -0.265. The second kappa shape index (κ2) is 8.67. The molecule has 1 aliphatic rings. The minimum Gasteiger partial charge on any atom is -0.497 e. The summed E-state index contributed by atoms with van der Waals surface area (Å²) in [6.07, 6.45) is 0.427. The molecule has 1 saturated heterocycles. The average molecular weight is 359 g/mol. The van der Waals surface area contributed by atoms with Crippen molar-refractivity contribution < 1.29 is 23.4 Å². The summed E-state index contributed by atoms with van der Waals surface area (Å²) in [5.41, 5.74) is 0.860. The molecule has 1 atom stereocenters. The van der Waals surface area contributed by atoms with Crippen molar-refractivity contribution in [2.45, 2.75) is 12.5 Å². The summed E-state index contributed by atoms with van der Waals surface area (Å²) in [5, 5.41) is 0.